The van der Waals surface area contributed by atoms with Crippen molar-refractivity contribution in [3.8, 4) is 0 Å². The van der Waals surface area contributed by atoms with Crippen LogP contribution in [-0.2, 0) is 20.9 Å². The molecule has 0 unspecified atom stereocenters. The molecule has 2 aliphatic heterocycles. The Kier molecular flexibility index (Phi) is 6.62. The number of hydrogen-bond acceptors (Lipinski definition) is 6. The maximum atomic E-state index is 13.0. The average molecular weight is 505 g/mol. The van der Waals surface area contributed by atoms with Gasteiger partial charge in [0, 0.05) is 42.8 Å². The lowest BCUT2D eigenvalue weighted by atomic mass is 10.1. The molecular formula is C26H24N4O5S. The van der Waals surface area contributed by atoms with E-state index in [-0.39, 0.29) is 23.9 Å². The van der Waals surface area contributed by atoms with Crippen LogP contribution in [-0.4, -0.2) is 75.8 Å². The van der Waals surface area contributed by atoms with Gasteiger partial charge in [-0.3, -0.25) is 14.5 Å². The van der Waals surface area contributed by atoms with Crippen LogP contribution in [0.15, 0.2) is 64.6 Å². The first kappa shape index (κ1) is 23.8. The summed E-state index contributed by atoms with van der Waals surface area (Å²) < 4.78 is 7.26. The Balaban J connectivity index is 1.44. The Morgan fingerprint density at radius 2 is 1.92 bits per heavy atom. The summed E-state index contributed by atoms with van der Waals surface area (Å²) >= 11 is 1.23. The highest BCUT2D eigenvalue weighted by Crippen LogP contribution is 2.35. The standard InChI is InChI=1S/C26H24N4O5S/c1-28-24(32)22(36-26(28)27-19-6-4-5-17(13-19)25(33)34)14-18-15-30(21-8-3-2-7-20(18)21)16-23(31)29-9-11-35-12-10-29/h2-8,13-15H,9-12,16H2,1H3,(H,33,34)/b22-14-,27-26?. The van der Waals surface area contributed by atoms with E-state index in [1.807, 2.05) is 46.0 Å². The van der Waals surface area contributed by atoms with Gasteiger partial charge < -0.3 is 19.3 Å². The van der Waals surface area contributed by atoms with Crippen molar-refractivity contribution in [2.24, 2.45) is 4.99 Å². The van der Waals surface area contributed by atoms with Crippen molar-refractivity contribution >= 4 is 57.4 Å². The summed E-state index contributed by atoms with van der Waals surface area (Å²) in [6, 6.07) is 14.1. The summed E-state index contributed by atoms with van der Waals surface area (Å²) in [5.74, 6) is -1.21. The molecule has 36 heavy (non-hydrogen) atoms. The van der Waals surface area contributed by atoms with Crippen LogP contribution in [0.5, 0.6) is 0 Å². The fraction of sp³-hybridized carbons (Fsp3) is 0.231. The molecule has 0 aliphatic carbocycles. The Morgan fingerprint density at radius 1 is 1.14 bits per heavy atom. The van der Waals surface area contributed by atoms with E-state index in [2.05, 4.69) is 4.99 Å². The molecule has 2 saturated heterocycles. The van der Waals surface area contributed by atoms with Gasteiger partial charge >= 0.3 is 5.97 Å². The third kappa shape index (κ3) is 4.77. The summed E-state index contributed by atoms with van der Waals surface area (Å²) in [5, 5.41) is 10.6. The van der Waals surface area contributed by atoms with E-state index in [1.165, 1.54) is 28.8 Å². The minimum absolute atomic E-state index is 0.0299. The normalized spacial score (nSPS) is 18.5. The number of hydrogen-bond donors (Lipinski definition) is 1. The van der Waals surface area contributed by atoms with Crippen LogP contribution >= 0.6 is 11.8 Å². The molecule has 2 fully saturated rings. The van der Waals surface area contributed by atoms with Crippen molar-refractivity contribution in [2.45, 2.75) is 6.54 Å². The third-order valence-corrected chi connectivity index (χ3v) is 7.16. The van der Waals surface area contributed by atoms with Crippen molar-refractivity contribution in [3.05, 3.63) is 70.8 Å². The van der Waals surface area contributed by atoms with Crippen LogP contribution in [0.1, 0.15) is 15.9 Å². The second-order valence-corrected chi connectivity index (χ2v) is 9.46. The van der Waals surface area contributed by atoms with E-state index in [0.29, 0.717) is 42.1 Å². The summed E-state index contributed by atoms with van der Waals surface area (Å²) in [5.41, 5.74) is 2.33. The van der Waals surface area contributed by atoms with E-state index in [9.17, 15) is 19.5 Å². The topological polar surface area (TPSA) is 104 Å². The number of fused-ring (bicyclic) bond motifs is 1. The zero-order chi connectivity index (χ0) is 25.2. The Morgan fingerprint density at radius 3 is 2.69 bits per heavy atom. The lowest BCUT2D eigenvalue weighted by Crippen LogP contribution is -2.42. The van der Waals surface area contributed by atoms with Crippen molar-refractivity contribution in [3.63, 3.8) is 0 Å². The number of aliphatic imine (C=N–C) groups is 1. The van der Waals surface area contributed by atoms with Crippen molar-refractivity contribution in [2.75, 3.05) is 33.4 Å². The van der Waals surface area contributed by atoms with Gasteiger partial charge in [0.05, 0.1) is 29.4 Å². The number of nitrogens with zero attached hydrogens (tertiary/aromatic N) is 4. The summed E-state index contributed by atoms with van der Waals surface area (Å²) in [6.45, 7) is 2.48. The van der Waals surface area contributed by atoms with Gasteiger partial charge in [-0.15, -0.1) is 0 Å². The van der Waals surface area contributed by atoms with Crippen LogP contribution in [0.4, 0.5) is 5.69 Å². The van der Waals surface area contributed by atoms with Crippen molar-refractivity contribution < 1.29 is 24.2 Å². The molecular weight excluding hydrogens is 480 g/mol. The number of likely N-dealkylation sites (N-methyl/N-ethyl adjacent to an activating group) is 1. The first-order valence-corrected chi connectivity index (χ1v) is 12.3. The molecule has 1 aromatic heterocycles. The average Bonchev–Trinajstić information content (AvgIpc) is 3.37. The number of aromatic nitrogens is 1. The minimum atomic E-state index is -1.04. The smallest absolute Gasteiger partial charge is 0.335 e. The molecule has 5 rings (SSSR count). The molecule has 3 aromatic rings. The second kappa shape index (κ2) is 10.00. The summed E-state index contributed by atoms with van der Waals surface area (Å²) in [4.78, 5) is 45.4. The van der Waals surface area contributed by atoms with Gasteiger partial charge in [-0.2, -0.15) is 0 Å². The van der Waals surface area contributed by atoms with Crippen LogP contribution in [0.3, 0.4) is 0 Å². The van der Waals surface area contributed by atoms with Gasteiger partial charge in [-0.1, -0.05) is 24.3 Å². The van der Waals surface area contributed by atoms with Crippen LogP contribution < -0.4 is 0 Å². The maximum Gasteiger partial charge on any atom is 0.335 e. The van der Waals surface area contributed by atoms with Gasteiger partial charge in [0.2, 0.25) is 5.91 Å². The Hall–Kier alpha value is -3.89. The zero-order valence-electron chi connectivity index (χ0n) is 19.6. The number of carboxylic acid groups (broad SMARTS) is 1. The molecule has 9 nitrogen and oxygen atoms in total. The monoisotopic (exact) mass is 504 g/mol. The molecule has 184 valence electrons. The van der Waals surface area contributed by atoms with Gasteiger partial charge in [0.25, 0.3) is 5.91 Å². The number of aromatic carboxylic acids is 1. The number of amidine groups is 1. The maximum absolute atomic E-state index is 13.0. The van der Waals surface area contributed by atoms with Gasteiger partial charge in [-0.05, 0) is 42.1 Å². The van der Waals surface area contributed by atoms with Gasteiger partial charge in [0.15, 0.2) is 5.17 Å². The van der Waals surface area contributed by atoms with Gasteiger partial charge in [-0.25, -0.2) is 9.79 Å². The second-order valence-electron chi connectivity index (χ2n) is 8.45. The molecule has 2 amide bonds. The summed E-state index contributed by atoms with van der Waals surface area (Å²) in [6.07, 6.45) is 3.72. The van der Waals surface area contributed by atoms with E-state index in [4.69, 9.17) is 4.74 Å². The molecule has 2 aromatic carbocycles. The van der Waals surface area contributed by atoms with Crippen LogP contribution in [0.2, 0.25) is 0 Å². The van der Waals surface area contributed by atoms with E-state index in [1.54, 1.807) is 19.2 Å². The highest BCUT2D eigenvalue weighted by Gasteiger charge is 2.31. The van der Waals surface area contributed by atoms with Crippen LogP contribution in [0, 0.1) is 0 Å². The Labute approximate surface area is 211 Å². The highest BCUT2D eigenvalue weighted by atomic mass is 32.2. The number of benzene rings is 2. The molecule has 0 atom stereocenters. The molecule has 3 heterocycles. The molecule has 10 heteroatoms. The number of carbonyl (C=O) groups excluding carboxylic acids is 2. The number of carboxylic acids is 1. The first-order valence-electron chi connectivity index (χ1n) is 11.4. The zero-order valence-corrected chi connectivity index (χ0v) is 20.4. The molecule has 0 radical (unpaired) electrons. The van der Waals surface area contributed by atoms with Crippen LogP contribution in [0.25, 0.3) is 17.0 Å². The predicted octanol–water partition coefficient (Wildman–Crippen LogP) is 3.43. The van der Waals surface area contributed by atoms with Crippen molar-refractivity contribution in [1.82, 2.24) is 14.4 Å². The van der Waals surface area contributed by atoms with Gasteiger partial charge in [0.1, 0.15) is 6.54 Å². The lowest BCUT2D eigenvalue weighted by molar-refractivity contribution is -0.135. The number of morpholine rings is 1. The lowest BCUT2D eigenvalue weighted by Gasteiger charge is -2.27. The third-order valence-electron chi connectivity index (χ3n) is 6.10. The predicted molar refractivity (Wildman–Crippen MR) is 138 cm³/mol. The fourth-order valence-electron chi connectivity index (χ4n) is 4.19. The molecule has 0 bridgehead atoms. The summed E-state index contributed by atoms with van der Waals surface area (Å²) in [7, 11) is 1.64. The SMILES string of the molecule is CN1C(=O)/C(=C/c2cn(CC(=O)N3CCOCC3)c3ccccc23)SC1=Nc1cccc(C(=O)O)c1. The van der Waals surface area contributed by atoms with E-state index < -0.39 is 5.97 Å². The number of ether oxygens (including phenoxy) is 1. The quantitative estimate of drug-likeness (QED) is 0.534. The highest BCUT2D eigenvalue weighted by molar-refractivity contribution is 8.18. The molecule has 1 N–H and O–H groups in total. The Bertz CT molecular complexity index is 1420. The minimum Gasteiger partial charge on any atom is -0.478 e. The number of para-hydroxylation sites is 1. The molecule has 0 spiro atoms. The number of thioether (sulfide) groups is 1. The van der Waals surface area contributed by atoms with E-state index >= 15 is 0 Å². The number of rotatable bonds is 5. The van der Waals surface area contributed by atoms with E-state index in [0.717, 1.165) is 16.5 Å². The fourth-order valence-corrected chi connectivity index (χ4v) is 5.17. The number of amides is 2. The largest absolute Gasteiger partial charge is 0.478 e. The van der Waals surface area contributed by atoms with Crippen molar-refractivity contribution in [1.29, 1.82) is 0 Å². The number of carbonyl (C=O) groups is 3. The first-order chi connectivity index (χ1) is 17.4. The molecule has 0 saturated carbocycles. The molecule has 2 aliphatic rings.